The molecule has 12 heteroatoms. The van der Waals surface area contributed by atoms with Crippen LogP contribution in [-0.4, -0.2) is 37.3 Å². The van der Waals surface area contributed by atoms with E-state index in [2.05, 4.69) is 32.4 Å². The first-order valence-electron chi connectivity index (χ1n) is 9.99. The van der Waals surface area contributed by atoms with E-state index in [1.807, 2.05) is 24.3 Å². The summed E-state index contributed by atoms with van der Waals surface area (Å²) in [5.74, 6) is 0.131. The Labute approximate surface area is 213 Å². The second kappa shape index (κ2) is 11.0. The zero-order chi connectivity index (χ0) is 24.1. The van der Waals surface area contributed by atoms with E-state index in [0.717, 1.165) is 10.2 Å². The van der Waals surface area contributed by atoms with E-state index in [4.69, 9.17) is 23.2 Å². The summed E-state index contributed by atoms with van der Waals surface area (Å²) in [7, 11) is 0. The molecule has 2 aromatic carbocycles. The highest BCUT2D eigenvalue weighted by atomic mass is 35.5. The number of thiazole rings is 1. The molecule has 0 fully saturated rings. The number of nitrogens with zero attached hydrogens (tertiary/aromatic N) is 4. The summed E-state index contributed by atoms with van der Waals surface area (Å²) in [5, 5.41) is 15.7. The van der Waals surface area contributed by atoms with E-state index < -0.39 is 0 Å². The number of halogens is 2. The van der Waals surface area contributed by atoms with E-state index in [9.17, 15) is 9.59 Å². The fraction of sp³-hybridized carbons (Fsp3) is 0.136. The van der Waals surface area contributed by atoms with Crippen molar-refractivity contribution in [1.29, 1.82) is 0 Å². The SMILES string of the molecule is C=CCn1c(CNC(=O)c2ccc(Cl)c(Cl)c2)nnc1SCC(=O)Nc1nc2ccccc2s1. The zero-order valence-corrected chi connectivity index (χ0v) is 20.8. The summed E-state index contributed by atoms with van der Waals surface area (Å²) < 4.78 is 2.79. The predicted octanol–water partition coefficient (Wildman–Crippen LogP) is 5.04. The number of para-hydroxylation sites is 1. The van der Waals surface area contributed by atoms with Crippen molar-refractivity contribution in [3.05, 3.63) is 76.6 Å². The van der Waals surface area contributed by atoms with Crippen LogP contribution in [0.1, 0.15) is 16.2 Å². The summed E-state index contributed by atoms with van der Waals surface area (Å²) in [4.78, 5) is 29.3. The summed E-state index contributed by atoms with van der Waals surface area (Å²) in [6.45, 7) is 4.32. The Morgan fingerprint density at radius 2 is 1.97 bits per heavy atom. The lowest BCUT2D eigenvalue weighted by Crippen LogP contribution is -2.25. The number of aromatic nitrogens is 4. The summed E-state index contributed by atoms with van der Waals surface area (Å²) in [6.07, 6.45) is 1.69. The van der Waals surface area contributed by atoms with Crippen molar-refractivity contribution < 1.29 is 9.59 Å². The highest BCUT2D eigenvalue weighted by molar-refractivity contribution is 7.99. The molecule has 0 saturated heterocycles. The van der Waals surface area contributed by atoms with Crippen LogP contribution in [0.25, 0.3) is 10.2 Å². The predicted molar refractivity (Wildman–Crippen MR) is 137 cm³/mol. The number of carbonyl (C=O) groups excluding carboxylic acids is 2. The molecule has 8 nitrogen and oxygen atoms in total. The monoisotopic (exact) mass is 532 g/mol. The minimum atomic E-state index is -0.323. The largest absolute Gasteiger partial charge is 0.345 e. The number of hydrogen-bond acceptors (Lipinski definition) is 7. The van der Waals surface area contributed by atoms with Gasteiger partial charge in [-0.15, -0.1) is 16.8 Å². The minimum absolute atomic E-state index is 0.126. The molecule has 0 saturated carbocycles. The molecular weight excluding hydrogens is 515 g/mol. The highest BCUT2D eigenvalue weighted by Crippen LogP contribution is 2.26. The van der Waals surface area contributed by atoms with Gasteiger partial charge in [-0.1, -0.05) is 64.5 Å². The van der Waals surface area contributed by atoms with Gasteiger partial charge in [0.1, 0.15) is 0 Å². The number of thioether (sulfide) groups is 1. The van der Waals surface area contributed by atoms with Crippen LogP contribution in [0.2, 0.25) is 10.0 Å². The average Bonchev–Trinajstić information content (AvgIpc) is 3.41. The van der Waals surface area contributed by atoms with Crippen LogP contribution < -0.4 is 10.6 Å². The number of fused-ring (bicyclic) bond motifs is 1. The maximum absolute atomic E-state index is 12.5. The Hall–Kier alpha value is -2.92. The van der Waals surface area contributed by atoms with Gasteiger partial charge in [0.25, 0.3) is 5.91 Å². The molecule has 0 aliphatic carbocycles. The van der Waals surface area contributed by atoms with Crippen LogP contribution in [0.4, 0.5) is 5.13 Å². The molecule has 174 valence electrons. The fourth-order valence-electron chi connectivity index (χ4n) is 2.98. The molecule has 4 aromatic rings. The van der Waals surface area contributed by atoms with Crippen LogP contribution in [0, 0.1) is 0 Å². The number of benzene rings is 2. The lowest BCUT2D eigenvalue weighted by atomic mass is 10.2. The lowest BCUT2D eigenvalue weighted by molar-refractivity contribution is -0.113. The molecule has 2 heterocycles. The normalized spacial score (nSPS) is 10.9. The average molecular weight is 533 g/mol. The van der Waals surface area contributed by atoms with Crippen molar-refractivity contribution in [3.8, 4) is 0 Å². The van der Waals surface area contributed by atoms with E-state index >= 15 is 0 Å². The highest BCUT2D eigenvalue weighted by Gasteiger charge is 2.16. The molecule has 0 atom stereocenters. The van der Waals surface area contributed by atoms with Crippen LogP contribution >= 0.6 is 46.3 Å². The maximum atomic E-state index is 12.5. The third kappa shape index (κ3) is 5.76. The molecule has 0 radical (unpaired) electrons. The first-order valence-corrected chi connectivity index (χ1v) is 12.5. The van der Waals surface area contributed by atoms with Crippen molar-refractivity contribution >= 4 is 73.5 Å². The van der Waals surface area contributed by atoms with E-state index in [1.54, 1.807) is 22.8 Å². The van der Waals surface area contributed by atoms with Gasteiger partial charge in [0.2, 0.25) is 5.91 Å². The smallest absolute Gasteiger partial charge is 0.251 e. The number of anilines is 1. The molecule has 4 rings (SSSR count). The summed E-state index contributed by atoms with van der Waals surface area (Å²) >= 11 is 14.5. The molecule has 0 aliphatic heterocycles. The van der Waals surface area contributed by atoms with Gasteiger partial charge in [0.15, 0.2) is 16.1 Å². The number of rotatable bonds is 9. The lowest BCUT2D eigenvalue weighted by Gasteiger charge is -2.09. The summed E-state index contributed by atoms with van der Waals surface area (Å²) in [6, 6.07) is 12.3. The van der Waals surface area contributed by atoms with E-state index in [1.165, 1.54) is 29.2 Å². The van der Waals surface area contributed by atoms with Crippen molar-refractivity contribution in [2.24, 2.45) is 0 Å². The number of amides is 2. The van der Waals surface area contributed by atoms with Crippen molar-refractivity contribution in [1.82, 2.24) is 25.1 Å². The molecule has 0 bridgehead atoms. The van der Waals surface area contributed by atoms with E-state index in [-0.39, 0.29) is 24.1 Å². The van der Waals surface area contributed by atoms with Gasteiger partial charge in [0, 0.05) is 12.1 Å². The summed E-state index contributed by atoms with van der Waals surface area (Å²) in [5.41, 5.74) is 1.22. The molecular formula is C22H18Cl2N6O2S2. The second-order valence-corrected chi connectivity index (χ2v) is 9.72. The fourth-order valence-corrected chi connectivity index (χ4v) is 4.93. The first kappa shape index (κ1) is 24.2. The van der Waals surface area contributed by atoms with E-state index in [0.29, 0.717) is 38.3 Å². The van der Waals surface area contributed by atoms with Gasteiger partial charge in [-0.25, -0.2) is 4.98 Å². The molecule has 0 aliphatic rings. The van der Waals surface area contributed by atoms with Crippen molar-refractivity contribution in [2.75, 3.05) is 11.1 Å². The zero-order valence-electron chi connectivity index (χ0n) is 17.6. The number of carbonyl (C=O) groups is 2. The maximum Gasteiger partial charge on any atom is 0.251 e. The molecule has 2 amide bonds. The third-order valence-electron chi connectivity index (χ3n) is 4.57. The Morgan fingerprint density at radius 3 is 2.74 bits per heavy atom. The molecule has 0 spiro atoms. The van der Waals surface area contributed by atoms with Crippen molar-refractivity contribution in [3.63, 3.8) is 0 Å². The minimum Gasteiger partial charge on any atom is -0.345 e. The number of hydrogen-bond donors (Lipinski definition) is 2. The Balaban J connectivity index is 1.37. The van der Waals surface area contributed by atoms with Crippen molar-refractivity contribution in [2.45, 2.75) is 18.2 Å². The topological polar surface area (TPSA) is 102 Å². The molecule has 2 N–H and O–H groups in total. The Kier molecular flexibility index (Phi) is 7.84. The molecule has 0 unspecified atom stereocenters. The number of allylic oxidation sites excluding steroid dienone is 1. The van der Waals surface area contributed by atoms with Gasteiger partial charge in [-0.05, 0) is 30.3 Å². The standard InChI is InChI=1S/C22H18Cl2N6O2S2/c1-2-9-30-18(11-25-20(32)13-7-8-14(23)15(24)10-13)28-29-22(30)33-12-19(31)27-21-26-16-5-3-4-6-17(16)34-21/h2-8,10H,1,9,11-12H2,(H,25,32)(H,26,27,31). The Morgan fingerprint density at radius 1 is 1.15 bits per heavy atom. The van der Waals surface area contributed by atoms with Crippen LogP contribution in [0.5, 0.6) is 0 Å². The van der Waals surface area contributed by atoms with Gasteiger partial charge >= 0.3 is 0 Å². The second-order valence-electron chi connectivity index (χ2n) is 6.93. The number of nitrogens with one attached hydrogen (secondary N) is 2. The molecule has 34 heavy (non-hydrogen) atoms. The van der Waals surface area contributed by atoms with Gasteiger partial charge < -0.3 is 15.2 Å². The van der Waals surface area contributed by atoms with Gasteiger partial charge in [-0.2, -0.15) is 0 Å². The van der Waals surface area contributed by atoms with Crippen LogP contribution in [0.3, 0.4) is 0 Å². The van der Waals surface area contributed by atoms with Gasteiger partial charge in [-0.3, -0.25) is 9.59 Å². The first-order chi connectivity index (χ1) is 16.4. The van der Waals surface area contributed by atoms with Gasteiger partial charge in [0.05, 0.1) is 32.6 Å². The van der Waals surface area contributed by atoms with Crippen LogP contribution in [-0.2, 0) is 17.9 Å². The van der Waals surface area contributed by atoms with Crippen LogP contribution in [0.15, 0.2) is 60.3 Å². The Bertz CT molecular complexity index is 1340. The molecule has 2 aromatic heterocycles. The third-order valence-corrected chi connectivity index (χ3v) is 7.22. The quantitative estimate of drug-likeness (QED) is 0.231.